The lowest BCUT2D eigenvalue weighted by Crippen LogP contribution is -2.22. The highest BCUT2D eigenvalue weighted by Gasteiger charge is 2.36. The number of hydrogen-bond donors (Lipinski definition) is 2. The van der Waals surface area contributed by atoms with E-state index in [1.54, 1.807) is 18.2 Å². The summed E-state index contributed by atoms with van der Waals surface area (Å²) in [4.78, 5) is 25.6. The van der Waals surface area contributed by atoms with E-state index >= 15 is 0 Å². The number of nitrogens with one attached hydrogen (secondary N) is 1. The van der Waals surface area contributed by atoms with Gasteiger partial charge >= 0.3 is 0 Å². The second-order valence-corrected chi connectivity index (χ2v) is 6.47. The summed E-state index contributed by atoms with van der Waals surface area (Å²) in [6.45, 7) is 3.76. The van der Waals surface area contributed by atoms with Gasteiger partial charge in [0, 0.05) is 0 Å². The molecule has 3 aromatic rings. The minimum Gasteiger partial charge on any atom is -0.504 e. The van der Waals surface area contributed by atoms with Gasteiger partial charge in [0.05, 0.1) is 24.1 Å². The fourth-order valence-electron chi connectivity index (χ4n) is 3.53. The van der Waals surface area contributed by atoms with Gasteiger partial charge in [-0.15, -0.1) is 0 Å². The number of carbonyl (C=O) groups excluding carboxylic acids is 1. The Labute approximate surface area is 149 Å². The van der Waals surface area contributed by atoms with Crippen molar-refractivity contribution in [2.24, 2.45) is 0 Å². The van der Waals surface area contributed by atoms with E-state index in [4.69, 9.17) is 9.15 Å². The van der Waals surface area contributed by atoms with Crippen LogP contribution in [0.25, 0.3) is 11.0 Å². The maximum absolute atomic E-state index is 13.2. The van der Waals surface area contributed by atoms with Gasteiger partial charge in [0.15, 0.2) is 16.9 Å². The number of phenols is 1. The van der Waals surface area contributed by atoms with Gasteiger partial charge < -0.3 is 19.6 Å². The molecule has 1 aromatic heterocycles. The molecule has 6 heteroatoms. The van der Waals surface area contributed by atoms with E-state index < -0.39 is 11.9 Å². The van der Waals surface area contributed by atoms with Crippen molar-refractivity contribution in [1.29, 1.82) is 0 Å². The van der Waals surface area contributed by atoms with Crippen molar-refractivity contribution in [2.45, 2.75) is 19.9 Å². The quantitative estimate of drug-likeness (QED) is 0.741. The summed E-state index contributed by atoms with van der Waals surface area (Å²) in [7, 11) is 1.44. The lowest BCUT2D eigenvalue weighted by atomic mass is 9.97. The molecule has 1 aliphatic rings. The van der Waals surface area contributed by atoms with Gasteiger partial charge in [-0.05, 0) is 48.7 Å². The van der Waals surface area contributed by atoms with Crippen LogP contribution in [-0.2, 0) is 0 Å². The molecule has 0 bridgehead atoms. The topological polar surface area (TPSA) is 88.8 Å². The maximum atomic E-state index is 13.2. The number of hydrogen-bond acceptors (Lipinski definition) is 5. The first-order valence-corrected chi connectivity index (χ1v) is 8.16. The molecular weight excluding hydrogens is 334 g/mol. The van der Waals surface area contributed by atoms with E-state index in [2.05, 4.69) is 5.32 Å². The van der Waals surface area contributed by atoms with Gasteiger partial charge in [0.25, 0.3) is 5.91 Å². The second kappa shape index (κ2) is 5.62. The first-order chi connectivity index (χ1) is 12.4. The number of phenolic OH excluding ortho intramolecular Hbond substituents is 1. The standard InChI is InChI=1S/C20H17NO5/c1-9-6-10(2)15-14(7-9)26-19-16(18(15)23)17(21-20(19)24)11-4-5-12(22)13(8-11)25-3/h4-8,17,22H,1-3H3,(H,21,24)/t17-/m1/s1. The first kappa shape index (κ1) is 16.2. The van der Waals surface area contributed by atoms with E-state index in [-0.39, 0.29) is 28.3 Å². The molecule has 2 heterocycles. The molecule has 6 nitrogen and oxygen atoms in total. The van der Waals surface area contributed by atoms with Crippen LogP contribution >= 0.6 is 0 Å². The van der Waals surface area contributed by atoms with Gasteiger partial charge in [0.2, 0.25) is 5.76 Å². The summed E-state index contributed by atoms with van der Waals surface area (Å²) in [6.07, 6.45) is 0. The third-order valence-electron chi connectivity index (χ3n) is 4.68. The molecule has 1 atom stereocenters. The molecule has 2 N–H and O–H groups in total. The second-order valence-electron chi connectivity index (χ2n) is 6.47. The van der Waals surface area contributed by atoms with Crippen molar-refractivity contribution in [3.8, 4) is 11.5 Å². The Morgan fingerprint density at radius 3 is 2.65 bits per heavy atom. The Morgan fingerprint density at radius 2 is 1.92 bits per heavy atom. The summed E-state index contributed by atoms with van der Waals surface area (Å²) in [5, 5.41) is 13.1. The van der Waals surface area contributed by atoms with E-state index in [0.717, 1.165) is 11.1 Å². The van der Waals surface area contributed by atoms with Crippen LogP contribution in [0.15, 0.2) is 39.5 Å². The smallest absolute Gasteiger partial charge is 0.288 e. The number of ether oxygens (including phenoxy) is 1. The van der Waals surface area contributed by atoms with Crippen LogP contribution in [0.1, 0.15) is 38.9 Å². The van der Waals surface area contributed by atoms with Crippen molar-refractivity contribution < 1.29 is 19.1 Å². The molecule has 0 aliphatic carbocycles. The summed E-state index contributed by atoms with van der Waals surface area (Å²) in [6, 6.07) is 7.72. The van der Waals surface area contributed by atoms with Crippen molar-refractivity contribution >= 4 is 16.9 Å². The number of amides is 1. The molecule has 2 aromatic carbocycles. The molecule has 0 fully saturated rings. The zero-order valence-electron chi connectivity index (χ0n) is 14.5. The Balaban J connectivity index is 1.99. The molecule has 0 unspecified atom stereocenters. The lowest BCUT2D eigenvalue weighted by molar-refractivity contribution is 0.0938. The summed E-state index contributed by atoms with van der Waals surface area (Å²) in [5.41, 5.74) is 2.85. The Hall–Kier alpha value is -3.28. The summed E-state index contributed by atoms with van der Waals surface area (Å²) < 4.78 is 10.9. The van der Waals surface area contributed by atoms with Crippen LogP contribution < -0.4 is 15.5 Å². The average Bonchev–Trinajstić information content (AvgIpc) is 2.92. The van der Waals surface area contributed by atoms with Crippen LogP contribution in [0.4, 0.5) is 0 Å². The van der Waals surface area contributed by atoms with Crippen LogP contribution in [-0.4, -0.2) is 18.1 Å². The fourth-order valence-corrected chi connectivity index (χ4v) is 3.53. The van der Waals surface area contributed by atoms with E-state index in [0.29, 0.717) is 16.5 Å². The molecule has 0 saturated carbocycles. The molecule has 1 aliphatic heterocycles. The van der Waals surface area contributed by atoms with Gasteiger partial charge in [-0.1, -0.05) is 12.1 Å². The maximum Gasteiger partial charge on any atom is 0.288 e. The monoisotopic (exact) mass is 351 g/mol. The summed E-state index contributed by atoms with van der Waals surface area (Å²) >= 11 is 0. The predicted octanol–water partition coefficient (Wildman–Crippen LogP) is 2.96. The molecule has 26 heavy (non-hydrogen) atoms. The minimum absolute atomic E-state index is 0.0161. The van der Waals surface area contributed by atoms with E-state index in [9.17, 15) is 14.7 Å². The SMILES string of the molecule is COc1cc([C@H]2NC(=O)c3oc4cc(C)cc(C)c4c(=O)c32)ccc1O. The number of aryl methyl sites for hydroxylation is 2. The third kappa shape index (κ3) is 2.26. The fraction of sp³-hybridized carbons (Fsp3) is 0.200. The minimum atomic E-state index is -0.659. The first-order valence-electron chi connectivity index (χ1n) is 8.16. The average molecular weight is 351 g/mol. The van der Waals surface area contributed by atoms with E-state index in [1.165, 1.54) is 13.2 Å². The van der Waals surface area contributed by atoms with Gasteiger partial charge in [-0.3, -0.25) is 9.59 Å². The Bertz CT molecular complexity index is 1130. The highest BCUT2D eigenvalue weighted by molar-refractivity contribution is 5.99. The van der Waals surface area contributed by atoms with Crippen molar-refractivity contribution in [3.05, 3.63) is 68.6 Å². The highest BCUT2D eigenvalue weighted by atomic mass is 16.5. The molecule has 4 rings (SSSR count). The lowest BCUT2D eigenvalue weighted by Gasteiger charge is -2.14. The van der Waals surface area contributed by atoms with Gasteiger partial charge in [0.1, 0.15) is 5.58 Å². The predicted molar refractivity (Wildman–Crippen MR) is 95.9 cm³/mol. The van der Waals surface area contributed by atoms with Gasteiger partial charge in [-0.2, -0.15) is 0 Å². The summed E-state index contributed by atoms with van der Waals surface area (Å²) in [5.74, 6) is -0.153. The number of rotatable bonds is 2. The van der Waals surface area contributed by atoms with Crippen LogP contribution in [0.5, 0.6) is 11.5 Å². The molecule has 0 spiro atoms. The van der Waals surface area contributed by atoms with E-state index in [1.807, 2.05) is 19.9 Å². The number of aromatic hydroxyl groups is 1. The van der Waals surface area contributed by atoms with Crippen molar-refractivity contribution in [1.82, 2.24) is 5.32 Å². The largest absolute Gasteiger partial charge is 0.504 e. The highest BCUT2D eigenvalue weighted by Crippen LogP contribution is 2.35. The number of fused-ring (bicyclic) bond motifs is 2. The van der Waals surface area contributed by atoms with Crippen LogP contribution in [0.3, 0.4) is 0 Å². The van der Waals surface area contributed by atoms with Crippen molar-refractivity contribution in [3.63, 3.8) is 0 Å². The Kier molecular flexibility index (Phi) is 3.50. The molecule has 132 valence electrons. The molecule has 1 amide bonds. The molecule has 0 radical (unpaired) electrons. The van der Waals surface area contributed by atoms with Crippen LogP contribution in [0, 0.1) is 13.8 Å². The third-order valence-corrected chi connectivity index (χ3v) is 4.68. The van der Waals surface area contributed by atoms with Gasteiger partial charge in [-0.25, -0.2) is 0 Å². The number of methoxy groups -OCH3 is 1. The van der Waals surface area contributed by atoms with Crippen LogP contribution in [0.2, 0.25) is 0 Å². The zero-order valence-corrected chi connectivity index (χ0v) is 14.5. The Morgan fingerprint density at radius 1 is 1.15 bits per heavy atom. The normalized spacial score (nSPS) is 15.8. The zero-order chi connectivity index (χ0) is 18.6. The molecule has 0 saturated heterocycles. The molecular formula is C20H17NO5. The van der Waals surface area contributed by atoms with Crippen molar-refractivity contribution in [2.75, 3.05) is 7.11 Å². The number of benzene rings is 2. The number of carbonyl (C=O) groups is 1.